The van der Waals surface area contributed by atoms with Crippen molar-refractivity contribution in [2.45, 2.75) is 19.4 Å². The molecule has 4 heteroatoms. The number of nitrogens with zero attached hydrogens (tertiary/aromatic N) is 1. The molecule has 0 bridgehead atoms. The first kappa shape index (κ1) is 10.7. The summed E-state index contributed by atoms with van der Waals surface area (Å²) >= 11 is 0. The summed E-state index contributed by atoms with van der Waals surface area (Å²) < 4.78 is 12.7. The van der Waals surface area contributed by atoms with Gasteiger partial charge in [-0.3, -0.25) is 0 Å². The van der Waals surface area contributed by atoms with Crippen LogP contribution in [-0.2, 0) is 6.42 Å². The van der Waals surface area contributed by atoms with Gasteiger partial charge in [0.15, 0.2) is 5.95 Å². The van der Waals surface area contributed by atoms with Crippen LogP contribution in [0.2, 0.25) is 0 Å². The zero-order chi connectivity index (χ0) is 11.4. The number of nitrogens with one attached hydrogen (secondary N) is 2. The topological polar surface area (TPSA) is 40.7 Å². The Labute approximate surface area is 93.7 Å². The highest BCUT2D eigenvalue weighted by molar-refractivity contribution is 5.26. The van der Waals surface area contributed by atoms with Gasteiger partial charge in [-0.05, 0) is 31.0 Å². The average Bonchev–Trinajstić information content (AvgIpc) is 2.74. The van der Waals surface area contributed by atoms with Gasteiger partial charge >= 0.3 is 0 Å². The standard InChI is InChI=1S/C12H14FN3/c1-9(16-12-14-6-7-15-12)8-10-2-4-11(13)5-3-10/h2-7,9H,8H2,1H3,(H2,14,15,16). The fourth-order valence-corrected chi connectivity index (χ4v) is 1.60. The Hall–Kier alpha value is -1.84. The number of rotatable bonds is 4. The molecule has 2 N–H and O–H groups in total. The summed E-state index contributed by atoms with van der Waals surface area (Å²) in [6, 6.07) is 6.81. The Kier molecular flexibility index (Phi) is 3.19. The van der Waals surface area contributed by atoms with E-state index >= 15 is 0 Å². The first-order valence-electron chi connectivity index (χ1n) is 5.24. The molecule has 16 heavy (non-hydrogen) atoms. The number of anilines is 1. The lowest BCUT2D eigenvalue weighted by atomic mass is 10.1. The van der Waals surface area contributed by atoms with Gasteiger partial charge in [-0.1, -0.05) is 12.1 Å². The molecule has 0 saturated heterocycles. The zero-order valence-electron chi connectivity index (χ0n) is 9.07. The fourth-order valence-electron chi connectivity index (χ4n) is 1.60. The van der Waals surface area contributed by atoms with E-state index in [1.54, 1.807) is 24.5 Å². The maximum absolute atomic E-state index is 12.7. The number of halogens is 1. The van der Waals surface area contributed by atoms with Crippen LogP contribution in [0.25, 0.3) is 0 Å². The normalized spacial score (nSPS) is 12.4. The lowest BCUT2D eigenvalue weighted by molar-refractivity contribution is 0.626. The fraction of sp³-hybridized carbons (Fsp3) is 0.250. The summed E-state index contributed by atoms with van der Waals surface area (Å²) in [7, 11) is 0. The maximum Gasteiger partial charge on any atom is 0.200 e. The molecule has 1 aromatic carbocycles. The number of hydrogen-bond acceptors (Lipinski definition) is 2. The monoisotopic (exact) mass is 219 g/mol. The molecule has 1 heterocycles. The van der Waals surface area contributed by atoms with Crippen molar-refractivity contribution in [2.24, 2.45) is 0 Å². The van der Waals surface area contributed by atoms with Gasteiger partial charge in [0.05, 0.1) is 0 Å². The van der Waals surface area contributed by atoms with E-state index in [9.17, 15) is 4.39 Å². The smallest absolute Gasteiger partial charge is 0.200 e. The van der Waals surface area contributed by atoms with Crippen molar-refractivity contribution in [1.29, 1.82) is 0 Å². The van der Waals surface area contributed by atoms with Crippen LogP contribution < -0.4 is 5.32 Å². The Balaban J connectivity index is 1.92. The Morgan fingerprint density at radius 2 is 2.12 bits per heavy atom. The van der Waals surface area contributed by atoms with Gasteiger partial charge in [-0.2, -0.15) is 0 Å². The molecule has 1 unspecified atom stereocenters. The molecule has 0 spiro atoms. The highest BCUT2D eigenvalue weighted by Gasteiger charge is 2.04. The van der Waals surface area contributed by atoms with Gasteiger partial charge in [0.1, 0.15) is 5.82 Å². The summed E-state index contributed by atoms with van der Waals surface area (Å²) in [4.78, 5) is 7.07. The second kappa shape index (κ2) is 4.79. The Morgan fingerprint density at radius 1 is 1.38 bits per heavy atom. The molecule has 2 aromatic rings. The molecular weight excluding hydrogens is 205 g/mol. The first-order valence-corrected chi connectivity index (χ1v) is 5.24. The molecule has 0 saturated carbocycles. The van der Waals surface area contributed by atoms with Crippen LogP contribution in [0, 0.1) is 5.82 Å². The van der Waals surface area contributed by atoms with Gasteiger partial charge < -0.3 is 10.3 Å². The molecule has 0 aliphatic heterocycles. The van der Waals surface area contributed by atoms with Crippen molar-refractivity contribution < 1.29 is 4.39 Å². The van der Waals surface area contributed by atoms with Crippen molar-refractivity contribution in [3.05, 3.63) is 48.0 Å². The Morgan fingerprint density at radius 3 is 2.75 bits per heavy atom. The number of benzene rings is 1. The minimum atomic E-state index is -0.199. The lowest BCUT2D eigenvalue weighted by Crippen LogP contribution is -2.18. The average molecular weight is 219 g/mol. The molecule has 0 fully saturated rings. The second-order valence-electron chi connectivity index (χ2n) is 3.81. The van der Waals surface area contributed by atoms with Crippen molar-refractivity contribution in [3.8, 4) is 0 Å². The number of aromatic amines is 1. The van der Waals surface area contributed by atoms with E-state index in [1.165, 1.54) is 12.1 Å². The summed E-state index contributed by atoms with van der Waals surface area (Å²) in [5.74, 6) is 0.560. The van der Waals surface area contributed by atoms with Crippen LogP contribution in [0.1, 0.15) is 12.5 Å². The molecule has 0 aliphatic rings. The third-order valence-electron chi connectivity index (χ3n) is 2.34. The van der Waals surface area contributed by atoms with Crippen LogP contribution in [0.3, 0.4) is 0 Å². The summed E-state index contributed by atoms with van der Waals surface area (Å²) in [5.41, 5.74) is 1.10. The summed E-state index contributed by atoms with van der Waals surface area (Å²) in [6.45, 7) is 2.06. The van der Waals surface area contributed by atoms with Crippen LogP contribution in [-0.4, -0.2) is 16.0 Å². The minimum Gasteiger partial charge on any atom is -0.353 e. The first-order chi connectivity index (χ1) is 7.74. The third kappa shape index (κ3) is 2.82. The SMILES string of the molecule is CC(Cc1ccc(F)cc1)Nc1ncc[nH]1. The van der Waals surface area contributed by atoms with Crippen molar-refractivity contribution in [3.63, 3.8) is 0 Å². The molecule has 1 atom stereocenters. The second-order valence-corrected chi connectivity index (χ2v) is 3.81. The number of aromatic nitrogens is 2. The van der Waals surface area contributed by atoms with Gasteiger partial charge in [0.25, 0.3) is 0 Å². The molecule has 84 valence electrons. The molecule has 0 amide bonds. The van der Waals surface area contributed by atoms with Crippen LogP contribution in [0.4, 0.5) is 10.3 Å². The molecule has 3 nitrogen and oxygen atoms in total. The van der Waals surface area contributed by atoms with Gasteiger partial charge in [0, 0.05) is 18.4 Å². The highest BCUT2D eigenvalue weighted by atomic mass is 19.1. The van der Waals surface area contributed by atoms with Crippen molar-refractivity contribution >= 4 is 5.95 Å². The molecule has 1 aromatic heterocycles. The predicted octanol–water partition coefficient (Wildman–Crippen LogP) is 2.59. The predicted molar refractivity (Wildman–Crippen MR) is 61.8 cm³/mol. The van der Waals surface area contributed by atoms with Gasteiger partial charge in [0.2, 0.25) is 0 Å². The van der Waals surface area contributed by atoms with Crippen molar-refractivity contribution in [1.82, 2.24) is 9.97 Å². The molecule has 2 rings (SSSR count). The minimum absolute atomic E-state index is 0.199. The molecule has 0 aliphatic carbocycles. The van der Waals surface area contributed by atoms with Gasteiger partial charge in [-0.25, -0.2) is 9.37 Å². The number of imidazole rings is 1. The maximum atomic E-state index is 12.7. The van der Waals surface area contributed by atoms with E-state index in [0.717, 1.165) is 17.9 Å². The van der Waals surface area contributed by atoms with Crippen LogP contribution in [0.5, 0.6) is 0 Å². The number of hydrogen-bond donors (Lipinski definition) is 2. The van der Waals surface area contributed by atoms with E-state index < -0.39 is 0 Å². The van der Waals surface area contributed by atoms with Gasteiger partial charge in [-0.15, -0.1) is 0 Å². The largest absolute Gasteiger partial charge is 0.353 e. The van der Waals surface area contributed by atoms with Crippen LogP contribution >= 0.6 is 0 Å². The lowest BCUT2D eigenvalue weighted by Gasteiger charge is -2.12. The Bertz CT molecular complexity index is 422. The molecular formula is C12H14FN3. The third-order valence-corrected chi connectivity index (χ3v) is 2.34. The van der Waals surface area contributed by atoms with E-state index in [-0.39, 0.29) is 11.9 Å². The van der Waals surface area contributed by atoms with E-state index in [2.05, 4.69) is 22.2 Å². The zero-order valence-corrected chi connectivity index (χ0v) is 9.07. The van der Waals surface area contributed by atoms with E-state index in [1.807, 2.05) is 0 Å². The number of H-pyrrole nitrogens is 1. The highest BCUT2D eigenvalue weighted by Crippen LogP contribution is 2.08. The quantitative estimate of drug-likeness (QED) is 0.829. The van der Waals surface area contributed by atoms with E-state index in [0.29, 0.717) is 0 Å². The van der Waals surface area contributed by atoms with E-state index in [4.69, 9.17) is 0 Å². The summed E-state index contributed by atoms with van der Waals surface area (Å²) in [5, 5.41) is 3.22. The van der Waals surface area contributed by atoms with Crippen molar-refractivity contribution in [2.75, 3.05) is 5.32 Å². The molecule has 0 radical (unpaired) electrons. The summed E-state index contributed by atoms with van der Waals surface area (Å²) in [6.07, 6.45) is 4.31. The van der Waals surface area contributed by atoms with Crippen LogP contribution in [0.15, 0.2) is 36.7 Å².